The first-order valence-corrected chi connectivity index (χ1v) is 12.6. The van der Waals surface area contributed by atoms with Gasteiger partial charge in [-0.25, -0.2) is 4.98 Å². The summed E-state index contributed by atoms with van der Waals surface area (Å²) in [6.45, 7) is 3.45. The number of hydrogen-bond donors (Lipinski definition) is 3. The number of hydrogen-bond acceptors (Lipinski definition) is 9. The van der Waals surface area contributed by atoms with E-state index < -0.39 is 0 Å². The van der Waals surface area contributed by atoms with E-state index in [9.17, 15) is 0 Å². The fourth-order valence-electron chi connectivity index (χ4n) is 4.29. The lowest BCUT2D eigenvalue weighted by molar-refractivity contribution is 0.395. The van der Waals surface area contributed by atoms with Crippen molar-refractivity contribution in [3.63, 3.8) is 0 Å². The molecule has 3 aromatic carbocycles. The zero-order valence-electron chi connectivity index (χ0n) is 21.9. The molecule has 0 saturated carbocycles. The van der Waals surface area contributed by atoms with Crippen molar-refractivity contribution in [1.29, 1.82) is 5.41 Å². The Morgan fingerprint density at radius 3 is 2.50 bits per heavy atom. The molecule has 1 aliphatic rings. The van der Waals surface area contributed by atoms with E-state index in [-0.39, 0.29) is 17.7 Å². The van der Waals surface area contributed by atoms with E-state index in [4.69, 9.17) is 25.4 Å². The van der Waals surface area contributed by atoms with Gasteiger partial charge < -0.3 is 29.8 Å². The van der Waals surface area contributed by atoms with Crippen LogP contribution in [0.15, 0.2) is 77.8 Å². The van der Waals surface area contributed by atoms with E-state index in [2.05, 4.69) is 29.8 Å². The van der Waals surface area contributed by atoms with Gasteiger partial charge in [-0.1, -0.05) is 30.3 Å². The number of para-hydroxylation sites is 1. The fraction of sp³-hybridized carbons (Fsp3) is 0.138. The topological polar surface area (TPSA) is 148 Å². The number of aliphatic imine (C=N–C) groups is 1. The van der Waals surface area contributed by atoms with Crippen LogP contribution in [0.2, 0.25) is 0 Å². The van der Waals surface area contributed by atoms with Gasteiger partial charge in [-0.3, -0.25) is 10.4 Å². The third-order valence-corrected chi connectivity index (χ3v) is 6.20. The van der Waals surface area contributed by atoms with Crippen molar-refractivity contribution in [3.8, 4) is 34.9 Å². The lowest BCUT2D eigenvalue weighted by atomic mass is 10.2. The molecule has 5 aromatic rings. The summed E-state index contributed by atoms with van der Waals surface area (Å²) in [6, 6.07) is 22.0. The minimum atomic E-state index is -0.110. The van der Waals surface area contributed by atoms with Crippen LogP contribution in [0.5, 0.6) is 34.9 Å². The number of nitrogens with one attached hydrogen (secondary N) is 2. The van der Waals surface area contributed by atoms with Crippen molar-refractivity contribution in [2.45, 2.75) is 6.92 Å². The second-order valence-corrected chi connectivity index (χ2v) is 9.18. The second kappa shape index (κ2) is 10.4. The average molecular weight is 535 g/mol. The summed E-state index contributed by atoms with van der Waals surface area (Å²) >= 11 is 0. The number of benzene rings is 3. The highest BCUT2D eigenvalue weighted by atomic mass is 16.5. The summed E-state index contributed by atoms with van der Waals surface area (Å²) in [6.07, 6.45) is 0. The highest BCUT2D eigenvalue weighted by molar-refractivity contribution is 6.00. The van der Waals surface area contributed by atoms with Gasteiger partial charge in [0, 0.05) is 24.7 Å². The number of likely N-dealkylation sites (N-methyl/N-ethyl adjacent to an activating group) is 1. The van der Waals surface area contributed by atoms with Crippen molar-refractivity contribution < 1.29 is 14.2 Å². The molecule has 0 atom stereocenters. The fourth-order valence-corrected chi connectivity index (χ4v) is 4.29. The lowest BCUT2D eigenvalue weighted by Gasteiger charge is -2.15. The number of rotatable bonds is 8. The molecule has 0 spiro atoms. The molecule has 0 radical (unpaired) electrons. The number of amidine groups is 2. The molecular formula is C29H26N8O3. The molecule has 4 N–H and O–H groups in total. The largest absolute Gasteiger partial charge is 0.453 e. The van der Waals surface area contributed by atoms with Gasteiger partial charge in [0.25, 0.3) is 5.88 Å². The Hall–Kier alpha value is -5.45. The Morgan fingerprint density at radius 2 is 1.73 bits per heavy atom. The van der Waals surface area contributed by atoms with E-state index >= 15 is 0 Å². The number of ether oxygens (including phenoxy) is 3. The van der Waals surface area contributed by atoms with E-state index in [0.29, 0.717) is 45.5 Å². The van der Waals surface area contributed by atoms with E-state index in [1.165, 1.54) is 0 Å². The molecule has 0 bridgehead atoms. The van der Waals surface area contributed by atoms with Crippen molar-refractivity contribution in [3.05, 3.63) is 89.7 Å². The lowest BCUT2D eigenvalue weighted by Crippen LogP contribution is -2.23. The number of H-pyrrole nitrogens is 1. The molecule has 11 nitrogen and oxygen atoms in total. The summed E-state index contributed by atoms with van der Waals surface area (Å²) < 4.78 is 18.4. The SMILES string of the molecule is Cc1nc2c(Oc3cc(C(=N)N)ccc3Oc3ccccc3)nc(Oc3cccc(C4=NCCN4C)c3)nc2[nH]1. The van der Waals surface area contributed by atoms with E-state index in [0.717, 1.165) is 24.5 Å². The Balaban J connectivity index is 1.37. The van der Waals surface area contributed by atoms with Crippen LogP contribution in [-0.2, 0) is 0 Å². The maximum atomic E-state index is 7.90. The van der Waals surface area contributed by atoms with Crippen LogP contribution in [0.4, 0.5) is 0 Å². The molecule has 2 aromatic heterocycles. The molecule has 0 fully saturated rings. The Kier molecular flexibility index (Phi) is 6.44. The minimum Gasteiger partial charge on any atom is -0.453 e. The molecule has 3 heterocycles. The molecule has 11 heteroatoms. The van der Waals surface area contributed by atoms with E-state index in [1.54, 1.807) is 18.2 Å². The van der Waals surface area contributed by atoms with Crippen molar-refractivity contribution in [2.24, 2.45) is 10.7 Å². The highest BCUT2D eigenvalue weighted by Gasteiger charge is 2.20. The Morgan fingerprint density at radius 1 is 0.900 bits per heavy atom. The first-order chi connectivity index (χ1) is 19.4. The van der Waals surface area contributed by atoms with Gasteiger partial charge in [0.15, 0.2) is 22.7 Å². The Labute approximate surface area is 229 Å². The van der Waals surface area contributed by atoms with E-state index in [1.807, 2.05) is 68.6 Å². The normalized spacial score (nSPS) is 12.8. The number of aryl methyl sites for hydroxylation is 1. The number of imidazole rings is 1. The highest BCUT2D eigenvalue weighted by Crippen LogP contribution is 2.37. The van der Waals surface area contributed by atoms with Crippen molar-refractivity contribution in [2.75, 3.05) is 20.1 Å². The van der Waals surface area contributed by atoms with Crippen molar-refractivity contribution in [1.82, 2.24) is 24.8 Å². The molecule has 6 rings (SSSR count). The monoisotopic (exact) mass is 534 g/mol. The van der Waals surface area contributed by atoms with Gasteiger partial charge in [0.05, 0.1) is 6.54 Å². The van der Waals surface area contributed by atoms with Crippen molar-refractivity contribution >= 4 is 22.8 Å². The predicted octanol–water partition coefficient (Wildman–Crippen LogP) is 5.01. The molecule has 40 heavy (non-hydrogen) atoms. The number of nitrogens with zero attached hydrogens (tertiary/aromatic N) is 5. The third-order valence-electron chi connectivity index (χ3n) is 6.20. The zero-order valence-corrected chi connectivity index (χ0v) is 21.9. The van der Waals surface area contributed by atoms with Gasteiger partial charge in [-0.15, -0.1) is 0 Å². The molecular weight excluding hydrogens is 508 g/mol. The standard InChI is InChI=1S/C29H26N8O3/c1-17-33-24-26(34-17)35-29(39-21-10-6-7-19(15-21)27-32-13-14-37(27)2)36-28(24)40-23-16-18(25(30)31)11-12-22(23)38-20-8-4-3-5-9-20/h3-12,15-16H,13-14H2,1-2H3,(H3,30,31)(H,33,34,35,36). The zero-order chi connectivity index (χ0) is 27.6. The van der Waals surface area contributed by atoms with Crippen LogP contribution in [0, 0.1) is 12.3 Å². The number of fused-ring (bicyclic) bond motifs is 1. The molecule has 1 aliphatic heterocycles. The first-order valence-electron chi connectivity index (χ1n) is 12.6. The summed E-state index contributed by atoms with van der Waals surface area (Å²) in [5.41, 5.74) is 8.03. The number of aromatic amines is 1. The molecule has 0 unspecified atom stereocenters. The van der Waals surface area contributed by atoms with Gasteiger partial charge in [0.1, 0.15) is 29.0 Å². The number of aromatic nitrogens is 4. The maximum Gasteiger partial charge on any atom is 0.327 e. The van der Waals surface area contributed by atoms with Gasteiger partial charge in [-0.05, 0) is 49.4 Å². The summed E-state index contributed by atoms with van der Waals surface area (Å²) in [4.78, 5) is 23.4. The summed E-state index contributed by atoms with van der Waals surface area (Å²) in [5.74, 6) is 3.46. The van der Waals surface area contributed by atoms with Gasteiger partial charge >= 0.3 is 6.01 Å². The van der Waals surface area contributed by atoms with Crippen LogP contribution < -0.4 is 19.9 Å². The van der Waals surface area contributed by atoms with Crippen LogP contribution in [0.3, 0.4) is 0 Å². The summed E-state index contributed by atoms with van der Waals surface area (Å²) in [7, 11) is 2.01. The minimum absolute atomic E-state index is 0.0678. The van der Waals surface area contributed by atoms with Crippen LogP contribution in [-0.4, -0.2) is 56.6 Å². The Bertz CT molecular complexity index is 1750. The quantitative estimate of drug-likeness (QED) is 0.186. The molecule has 0 aliphatic carbocycles. The molecule has 0 amide bonds. The van der Waals surface area contributed by atoms with Gasteiger partial charge in [0.2, 0.25) is 0 Å². The maximum absolute atomic E-state index is 7.90. The van der Waals surface area contributed by atoms with Crippen LogP contribution >= 0.6 is 0 Å². The first kappa shape index (κ1) is 24.9. The molecule has 200 valence electrons. The number of nitrogen functional groups attached to an aromatic ring is 1. The predicted molar refractivity (Wildman–Crippen MR) is 151 cm³/mol. The average Bonchev–Trinajstić information content (AvgIpc) is 3.55. The second-order valence-electron chi connectivity index (χ2n) is 9.18. The van der Waals surface area contributed by atoms with Crippen LogP contribution in [0.25, 0.3) is 11.2 Å². The third kappa shape index (κ3) is 5.12. The smallest absolute Gasteiger partial charge is 0.327 e. The summed E-state index contributed by atoms with van der Waals surface area (Å²) in [5, 5.41) is 7.90. The number of nitrogens with two attached hydrogens (primary N) is 1. The molecule has 0 saturated heterocycles. The van der Waals surface area contributed by atoms with Gasteiger partial charge in [-0.2, -0.15) is 9.97 Å². The van der Waals surface area contributed by atoms with Crippen LogP contribution in [0.1, 0.15) is 17.0 Å².